The molecular weight excluding hydrogens is 246 g/mol. The van der Waals surface area contributed by atoms with Crippen LogP contribution < -0.4 is 4.90 Å². The first-order chi connectivity index (χ1) is 6.66. The minimum absolute atomic E-state index is 0.165. The summed E-state index contributed by atoms with van der Waals surface area (Å²) in [5.74, 6) is -0.797. The predicted molar refractivity (Wildman–Crippen MR) is 56.4 cm³/mol. The molecule has 0 fully saturated rings. The highest BCUT2D eigenvalue weighted by molar-refractivity contribution is 9.10. The van der Waals surface area contributed by atoms with Gasteiger partial charge in [-0.15, -0.1) is 0 Å². The Morgan fingerprint density at radius 3 is 2.86 bits per heavy atom. The zero-order valence-corrected chi connectivity index (χ0v) is 9.11. The van der Waals surface area contributed by atoms with E-state index in [-0.39, 0.29) is 5.91 Å². The van der Waals surface area contributed by atoms with Crippen LogP contribution in [0, 0.1) is 0 Å². The minimum atomic E-state index is -0.632. The first-order valence-electron chi connectivity index (χ1n) is 4.18. The average molecular weight is 254 g/mol. The number of halogens is 1. The summed E-state index contributed by atoms with van der Waals surface area (Å²) in [6, 6.07) is 5.49. The molecule has 1 heterocycles. The van der Waals surface area contributed by atoms with Crippen LogP contribution >= 0.6 is 15.9 Å². The van der Waals surface area contributed by atoms with Crippen LogP contribution in [0.15, 0.2) is 22.7 Å². The average Bonchev–Trinajstić information content (AvgIpc) is 2.41. The van der Waals surface area contributed by atoms with Crippen LogP contribution in [0.2, 0.25) is 0 Å². The molecule has 1 atom stereocenters. The van der Waals surface area contributed by atoms with Gasteiger partial charge in [-0.2, -0.15) is 0 Å². The summed E-state index contributed by atoms with van der Waals surface area (Å²) in [4.78, 5) is 23.9. The number of hydrogen-bond donors (Lipinski definition) is 0. The molecule has 1 unspecified atom stereocenters. The van der Waals surface area contributed by atoms with Crippen LogP contribution in [0.5, 0.6) is 0 Å². The Morgan fingerprint density at radius 1 is 1.50 bits per heavy atom. The smallest absolute Gasteiger partial charge is 0.241 e. The van der Waals surface area contributed by atoms with E-state index in [1.807, 2.05) is 12.1 Å². The third-order valence-corrected chi connectivity index (χ3v) is 3.06. The van der Waals surface area contributed by atoms with Crippen molar-refractivity contribution in [1.82, 2.24) is 0 Å². The summed E-state index contributed by atoms with van der Waals surface area (Å²) in [6.07, 6.45) is 0.692. The maximum absolute atomic E-state index is 11.6. The van der Waals surface area contributed by atoms with E-state index in [1.165, 1.54) is 4.90 Å². The lowest BCUT2D eigenvalue weighted by Gasteiger charge is -2.11. The summed E-state index contributed by atoms with van der Waals surface area (Å²) in [5, 5.41) is 0. The number of para-hydroxylation sites is 1. The van der Waals surface area contributed by atoms with Crippen LogP contribution in [0.1, 0.15) is 11.5 Å². The highest BCUT2D eigenvalue weighted by Gasteiger charge is 2.35. The Hall–Kier alpha value is -1.16. The molecule has 2 rings (SSSR count). The van der Waals surface area contributed by atoms with Crippen LogP contribution in [0.25, 0.3) is 0 Å². The molecule has 4 heteroatoms. The summed E-state index contributed by atoms with van der Waals surface area (Å²) >= 11 is 3.36. The van der Waals surface area contributed by atoms with Gasteiger partial charge in [0.2, 0.25) is 5.91 Å². The molecule has 1 amide bonds. The number of nitrogens with zero attached hydrogens (tertiary/aromatic N) is 1. The molecule has 1 aliphatic heterocycles. The Morgan fingerprint density at radius 2 is 2.21 bits per heavy atom. The lowest BCUT2D eigenvalue weighted by atomic mass is 10.0. The van der Waals surface area contributed by atoms with E-state index in [2.05, 4.69) is 15.9 Å². The summed E-state index contributed by atoms with van der Waals surface area (Å²) in [7, 11) is 1.68. The third-order valence-electron chi connectivity index (χ3n) is 2.42. The largest absolute Gasteiger partial charge is 0.313 e. The van der Waals surface area contributed by atoms with E-state index in [0.29, 0.717) is 6.29 Å². The zero-order chi connectivity index (χ0) is 10.3. The van der Waals surface area contributed by atoms with E-state index >= 15 is 0 Å². The van der Waals surface area contributed by atoms with Crippen molar-refractivity contribution in [3.63, 3.8) is 0 Å². The molecule has 1 aliphatic rings. The highest BCUT2D eigenvalue weighted by atomic mass is 79.9. The molecule has 0 N–H and O–H groups in total. The van der Waals surface area contributed by atoms with Gasteiger partial charge in [0.15, 0.2) is 0 Å². The standard InChI is InChI=1S/C10H8BrNO2/c1-12-9-6(3-2-4-8(9)11)7(5-13)10(12)14/h2-5,7H,1H3. The van der Waals surface area contributed by atoms with Crippen LogP contribution in [-0.2, 0) is 9.59 Å². The molecule has 14 heavy (non-hydrogen) atoms. The Bertz CT molecular complexity index is 417. The van der Waals surface area contributed by atoms with Crippen molar-refractivity contribution in [1.29, 1.82) is 0 Å². The molecule has 1 aromatic carbocycles. The fourth-order valence-electron chi connectivity index (χ4n) is 1.72. The summed E-state index contributed by atoms with van der Waals surface area (Å²) in [6.45, 7) is 0. The van der Waals surface area contributed by atoms with Crippen molar-refractivity contribution in [2.24, 2.45) is 0 Å². The van der Waals surface area contributed by atoms with Gasteiger partial charge >= 0.3 is 0 Å². The molecule has 0 bridgehead atoms. The van der Waals surface area contributed by atoms with Crippen molar-refractivity contribution in [3.05, 3.63) is 28.2 Å². The second-order valence-corrected chi connectivity index (χ2v) is 4.04. The molecule has 0 aromatic heterocycles. The van der Waals surface area contributed by atoms with Crippen molar-refractivity contribution >= 4 is 33.8 Å². The number of benzene rings is 1. The monoisotopic (exact) mass is 253 g/mol. The van der Waals surface area contributed by atoms with Crippen LogP contribution in [-0.4, -0.2) is 19.2 Å². The van der Waals surface area contributed by atoms with Gasteiger partial charge in [-0.3, -0.25) is 4.79 Å². The number of aldehydes is 1. The topological polar surface area (TPSA) is 37.4 Å². The number of hydrogen-bond acceptors (Lipinski definition) is 2. The van der Waals surface area contributed by atoms with Gasteiger partial charge in [0.1, 0.15) is 12.2 Å². The van der Waals surface area contributed by atoms with Crippen molar-refractivity contribution in [3.8, 4) is 0 Å². The van der Waals surface area contributed by atoms with E-state index < -0.39 is 5.92 Å². The van der Waals surface area contributed by atoms with Gasteiger partial charge in [-0.1, -0.05) is 12.1 Å². The molecule has 0 aliphatic carbocycles. The maximum atomic E-state index is 11.6. The Balaban J connectivity index is 2.66. The van der Waals surface area contributed by atoms with Gasteiger partial charge in [-0.05, 0) is 27.6 Å². The van der Waals surface area contributed by atoms with Crippen LogP contribution in [0.4, 0.5) is 5.69 Å². The number of fused-ring (bicyclic) bond motifs is 1. The summed E-state index contributed by atoms with van der Waals surface area (Å²) < 4.78 is 0.843. The van der Waals surface area contributed by atoms with E-state index in [1.54, 1.807) is 13.1 Å². The Labute approximate surface area is 89.8 Å². The van der Waals surface area contributed by atoms with Gasteiger partial charge < -0.3 is 9.69 Å². The number of anilines is 1. The fourth-order valence-corrected chi connectivity index (χ4v) is 2.37. The van der Waals surface area contributed by atoms with Gasteiger partial charge in [0.25, 0.3) is 0 Å². The van der Waals surface area contributed by atoms with E-state index in [0.717, 1.165) is 15.7 Å². The SMILES string of the molecule is CN1C(=O)C(C=O)c2cccc(Br)c21. The quantitative estimate of drug-likeness (QED) is 0.565. The lowest BCUT2D eigenvalue weighted by Crippen LogP contribution is -2.24. The number of rotatable bonds is 1. The second kappa shape index (κ2) is 3.20. The first-order valence-corrected chi connectivity index (χ1v) is 4.97. The lowest BCUT2D eigenvalue weighted by molar-refractivity contribution is -0.122. The molecule has 0 saturated carbocycles. The third kappa shape index (κ3) is 1.10. The molecule has 3 nitrogen and oxygen atoms in total. The van der Waals surface area contributed by atoms with Gasteiger partial charge in [0, 0.05) is 11.5 Å². The van der Waals surface area contributed by atoms with Crippen molar-refractivity contribution < 1.29 is 9.59 Å². The highest BCUT2D eigenvalue weighted by Crippen LogP contribution is 2.40. The molecular formula is C10H8BrNO2. The van der Waals surface area contributed by atoms with Crippen LogP contribution in [0.3, 0.4) is 0 Å². The fraction of sp³-hybridized carbons (Fsp3) is 0.200. The molecule has 0 saturated heterocycles. The summed E-state index contributed by atoms with van der Waals surface area (Å²) in [5.41, 5.74) is 1.58. The van der Waals surface area contributed by atoms with E-state index in [9.17, 15) is 9.59 Å². The maximum Gasteiger partial charge on any atom is 0.241 e. The molecule has 72 valence electrons. The first kappa shape index (κ1) is 9.40. The number of carbonyl (C=O) groups is 2. The normalized spacial score (nSPS) is 19.7. The Kier molecular flexibility index (Phi) is 2.15. The van der Waals surface area contributed by atoms with Crippen molar-refractivity contribution in [2.75, 3.05) is 11.9 Å². The second-order valence-electron chi connectivity index (χ2n) is 3.19. The van der Waals surface area contributed by atoms with Crippen molar-refractivity contribution in [2.45, 2.75) is 5.92 Å². The molecule has 0 radical (unpaired) electrons. The minimum Gasteiger partial charge on any atom is -0.313 e. The van der Waals surface area contributed by atoms with Gasteiger partial charge in [0.05, 0.1) is 5.69 Å². The number of carbonyl (C=O) groups excluding carboxylic acids is 2. The zero-order valence-electron chi connectivity index (χ0n) is 7.53. The van der Waals surface area contributed by atoms with Gasteiger partial charge in [-0.25, -0.2) is 0 Å². The number of amides is 1. The molecule has 0 spiro atoms. The number of likely N-dealkylation sites (N-methyl/N-ethyl adjacent to an activating group) is 1. The predicted octanol–water partition coefficient (Wildman–Crippen LogP) is 1.71. The molecule has 1 aromatic rings. The van der Waals surface area contributed by atoms with E-state index in [4.69, 9.17) is 0 Å².